The maximum Gasteiger partial charge on any atom is 0.234 e. The van der Waals surface area contributed by atoms with Gasteiger partial charge in [0, 0.05) is 23.4 Å². The molecule has 2 N–H and O–H groups in total. The third kappa shape index (κ3) is 2.84. The lowest BCUT2D eigenvalue weighted by Gasteiger charge is -2.24. The van der Waals surface area contributed by atoms with Crippen LogP contribution in [0.4, 0.5) is 15.2 Å². The highest BCUT2D eigenvalue weighted by Crippen LogP contribution is 2.41. The molecule has 0 spiro atoms. The molecule has 5 nitrogen and oxygen atoms in total. The van der Waals surface area contributed by atoms with Crippen LogP contribution in [0.25, 0.3) is 0 Å². The Morgan fingerprint density at radius 2 is 2.22 bits per heavy atom. The molecule has 2 aromatic rings. The van der Waals surface area contributed by atoms with Gasteiger partial charge in [-0.3, -0.25) is 9.59 Å². The Morgan fingerprint density at radius 1 is 1.39 bits per heavy atom. The van der Waals surface area contributed by atoms with E-state index in [0.717, 1.165) is 18.5 Å². The fourth-order valence-corrected chi connectivity index (χ4v) is 3.57. The molecule has 4 rings (SSSR count). The molecule has 23 heavy (non-hydrogen) atoms. The summed E-state index contributed by atoms with van der Waals surface area (Å²) in [5, 5.41) is 7.90. The molecule has 2 heterocycles. The number of hydrogen-bond donors (Lipinski definition) is 2. The Kier molecular flexibility index (Phi) is 3.37. The van der Waals surface area contributed by atoms with Gasteiger partial charge < -0.3 is 10.6 Å². The molecule has 0 radical (unpaired) electrons. The van der Waals surface area contributed by atoms with E-state index in [0.29, 0.717) is 22.3 Å². The molecule has 1 aliphatic heterocycles. The summed E-state index contributed by atoms with van der Waals surface area (Å²) in [7, 11) is 0. The van der Waals surface area contributed by atoms with Gasteiger partial charge in [-0.25, -0.2) is 9.37 Å². The molecule has 0 bridgehead atoms. The number of rotatable bonds is 3. The molecule has 0 saturated heterocycles. The quantitative estimate of drug-likeness (QED) is 0.907. The predicted molar refractivity (Wildman–Crippen MR) is 85.1 cm³/mol. The van der Waals surface area contributed by atoms with Crippen molar-refractivity contribution in [3.8, 4) is 0 Å². The molecule has 0 unspecified atom stereocenters. The maximum absolute atomic E-state index is 13.3. The largest absolute Gasteiger partial charge is 0.326 e. The fourth-order valence-electron chi connectivity index (χ4n) is 2.77. The van der Waals surface area contributed by atoms with Crippen molar-refractivity contribution in [2.75, 3.05) is 10.6 Å². The molecule has 1 aromatic heterocycles. The molecule has 7 heteroatoms. The number of fused-ring (bicyclic) bond motifs is 1. The highest BCUT2D eigenvalue weighted by Gasteiger charge is 2.32. The monoisotopic (exact) mass is 331 g/mol. The molecular weight excluding hydrogens is 317 g/mol. The zero-order chi connectivity index (χ0) is 16.0. The Morgan fingerprint density at radius 3 is 3.00 bits per heavy atom. The summed E-state index contributed by atoms with van der Waals surface area (Å²) >= 11 is 1.39. The molecule has 2 aliphatic rings. The van der Waals surface area contributed by atoms with Crippen LogP contribution in [0.2, 0.25) is 0 Å². The number of halogens is 1. The Bertz CT molecular complexity index is 800. The van der Waals surface area contributed by atoms with Crippen LogP contribution in [-0.2, 0) is 9.59 Å². The van der Waals surface area contributed by atoms with Crippen LogP contribution >= 0.6 is 11.3 Å². The lowest BCUT2D eigenvalue weighted by Crippen LogP contribution is -2.30. The molecule has 1 saturated carbocycles. The highest BCUT2D eigenvalue weighted by atomic mass is 32.1. The third-order valence-corrected chi connectivity index (χ3v) is 4.89. The van der Waals surface area contributed by atoms with Gasteiger partial charge in [0.05, 0.1) is 11.6 Å². The van der Waals surface area contributed by atoms with Crippen LogP contribution in [0.1, 0.15) is 42.4 Å². The topological polar surface area (TPSA) is 71.1 Å². The first kappa shape index (κ1) is 14.3. The number of aromatic nitrogens is 1. The predicted octanol–water partition coefficient (Wildman–Crippen LogP) is 3.22. The molecule has 2 amide bonds. The first-order chi connectivity index (χ1) is 11.1. The first-order valence-electron chi connectivity index (χ1n) is 7.46. The minimum absolute atomic E-state index is 0.0469. The maximum atomic E-state index is 13.3. The molecule has 1 atom stereocenters. The summed E-state index contributed by atoms with van der Waals surface area (Å²) < 4.78 is 13.3. The first-order valence-corrected chi connectivity index (χ1v) is 8.33. The van der Waals surface area contributed by atoms with Gasteiger partial charge in [-0.2, -0.15) is 0 Å². The lowest BCUT2D eigenvalue weighted by atomic mass is 9.90. The number of carbonyl (C=O) groups excluding carboxylic acids is 2. The van der Waals surface area contributed by atoms with E-state index in [1.807, 2.05) is 5.38 Å². The van der Waals surface area contributed by atoms with Crippen LogP contribution < -0.4 is 10.6 Å². The van der Waals surface area contributed by atoms with E-state index in [-0.39, 0.29) is 18.2 Å². The van der Waals surface area contributed by atoms with E-state index < -0.39 is 11.7 Å². The SMILES string of the molecule is O=C1C[C@@H](C(=O)Nc2nc(C3CC3)cs2)c2ccc(F)cc2N1. The zero-order valence-corrected chi connectivity index (χ0v) is 13.0. The summed E-state index contributed by atoms with van der Waals surface area (Å²) in [6.45, 7) is 0. The smallest absolute Gasteiger partial charge is 0.234 e. The van der Waals surface area contributed by atoms with Crippen LogP contribution in [0.3, 0.4) is 0 Å². The van der Waals surface area contributed by atoms with E-state index >= 15 is 0 Å². The number of anilines is 2. The number of nitrogens with one attached hydrogen (secondary N) is 2. The molecule has 118 valence electrons. The zero-order valence-electron chi connectivity index (χ0n) is 12.1. The second-order valence-electron chi connectivity index (χ2n) is 5.88. The third-order valence-electron chi connectivity index (χ3n) is 4.12. The van der Waals surface area contributed by atoms with E-state index in [1.165, 1.54) is 23.5 Å². The van der Waals surface area contributed by atoms with E-state index in [2.05, 4.69) is 15.6 Å². The molecular formula is C16H14FN3O2S. The van der Waals surface area contributed by atoms with Crippen molar-refractivity contribution in [2.45, 2.75) is 31.1 Å². The molecule has 1 fully saturated rings. The van der Waals surface area contributed by atoms with Gasteiger partial charge in [-0.15, -0.1) is 11.3 Å². The molecule has 1 aliphatic carbocycles. The van der Waals surface area contributed by atoms with Crippen molar-refractivity contribution in [3.63, 3.8) is 0 Å². The van der Waals surface area contributed by atoms with Crippen molar-refractivity contribution in [3.05, 3.63) is 40.7 Å². The minimum Gasteiger partial charge on any atom is -0.326 e. The normalized spacial score (nSPS) is 19.9. The van der Waals surface area contributed by atoms with E-state index in [9.17, 15) is 14.0 Å². The van der Waals surface area contributed by atoms with Gasteiger partial charge in [0.25, 0.3) is 0 Å². The minimum atomic E-state index is -0.632. The lowest BCUT2D eigenvalue weighted by molar-refractivity contribution is -0.123. The van der Waals surface area contributed by atoms with Gasteiger partial charge >= 0.3 is 0 Å². The standard InChI is InChI=1S/C16H14FN3O2S/c17-9-3-4-10-11(6-14(21)18-12(10)5-9)15(22)20-16-19-13(7-23-16)8-1-2-8/h3-5,7-8,11H,1-2,6H2,(H,18,21)(H,19,20,22)/t11-/m1/s1. The number of nitrogens with zero attached hydrogens (tertiary/aromatic N) is 1. The second kappa shape index (κ2) is 5.42. The van der Waals surface area contributed by atoms with Crippen molar-refractivity contribution in [1.82, 2.24) is 4.98 Å². The van der Waals surface area contributed by atoms with Crippen LogP contribution in [0.5, 0.6) is 0 Å². The van der Waals surface area contributed by atoms with Crippen LogP contribution in [0.15, 0.2) is 23.6 Å². The van der Waals surface area contributed by atoms with Gasteiger partial charge in [0.15, 0.2) is 5.13 Å². The van der Waals surface area contributed by atoms with Crippen molar-refractivity contribution < 1.29 is 14.0 Å². The van der Waals surface area contributed by atoms with Crippen LogP contribution in [0, 0.1) is 5.82 Å². The average Bonchev–Trinajstić information content (AvgIpc) is 3.26. The average molecular weight is 331 g/mol. The summed E-state index contributed by atoms with van der Waals surface area (Å²) in [6, 6.07) is 4.08. The van der Waals surface area contributed by atoms with E-state index in [4.69, 9.17) is 0 Å². The number of thiazole rings is 1. The fraction of sp³-hybridized carbons (Fsp3) is 0.312. The van der Waals surface area contributed by atoms with Crippen LogP contribution in [-0.4, -0.2) is 16.8 Å². The summed E-state index contributed by atoms with van der Waals surface area (Å²) in [5.74, 6) is -1.13. The van der Waals surface area contributed by atoms with E-state index in [1.54, 1.807) is 6.07 Å². The Hall–Kier alpha value is -2.28. The number of hydrogen-bond acceptors (Lipinski definition) is 4. The van der Waals surface area contributed by atoms with Gasteiger partial charge in [0.2, 0.25) is 11.8 Å². The molecule has 1 aromatic carbocycles. The summed E-state index contributed by atoms with van der Waals surface area (Å²) in [6.07, 6.45) is 2.35. The van der Waals surface area contributed by atoms with Crippen molar-refractivity contribution in [1.29, 1.82) is 0 Å². The Balaban J connectivity index is 1.56. The van der Waals surface area contributed by atoms with Gasteiger partial charge in [-0.05, 0) is 30.5 Å². The van der Waals surface area contributed by atoms with Gasteiger partial charge in [-0.1, -0.05) is 6.07 Å². The Labute approximate surface area is 135 Å². The number of carbonyl (C=O) groups is 2. The summed E-state index contributed by atoms with van der Waals surface area (Å²) in [4.78, 5) is 28.7. The second-order valence-corrected chi connectivity index (χ2v) is 6.74. The van der Waals surface area contributed by atoms with Crippen molar-refractivity contribution in [2.24, 2.45) is 0 Å². The highest BCUT2D eigenvalue weighted by molar-refractivity contribution is 7.13. The van der Waals surface area contributed by atoms with Gasteiger partial charge in [0.1, 0.15) is 5.82 Å². The summed E-state index contributed by atoms with van der Waals surface area (Å²) in [5.41, 5.74) is 2.01. The number of benzene rings is 1. The number of amides is 2. The van der Waals surface area contributed by atoms with Crippen molar-refractivity contribution >= 4 is 34.0 Å².